The Morgan fingerprint density at radius 2 is 1.24 bits per heavy atom. The number of primary amides is 1. The van der Waals surface area contributed by atoms with Crippen LogP contribution in [-0.2, 0) is 62.4 Å². The van der Waals surface area contributed by atoms with Crippen LogP contribution < -0.4 is 59.7 Å². The number of rotatable bonds is 31. The van der Waals surface area contributed by atoms with Crippen molar-refractivity contribution in [1.82, 2.24) is 62.4 Å². The Kier molecular flexibility index (Phi) is 23.3. The van der Waals surface area contributed by atoms with E-state index < -0.39 is 108 Å². The third kappa shape index (κ3) is 17.7. The summed E-state index contributed by atoms with van der Waals surface area (Å²) in [5.41, 5.74) is 19.1. The van der Waals surface area contributed by atoms with Gasteiger partial charge in [-0.15, -0.1) is 0 Å². The minimum Gasteiger partial charge on any atom is -0.370 e. The highest BCUT2D eigenvalue weighted by atomic mass is 32.1. The van der Waals surface area contributed by atoms with Crippen LogP contribution >= 0.6 is 25.3 Å². The van der Waals surface area contributed by atoms with E-state index in [-0.39, 0.29) is 69.1 Å². The van der Waals surface area contributed by atoms with Gasteiger partial charge in [0, 0.05) is 66.3 Å². The molecule has 5 rings (SSSR count). The molecule has 0 saturated carbocycles. The third-order valence-electron chi connectivity index (χ3n) is 12.6. The highest BCUT2D eigenvalue weighted by Gasteiger charge is 2.40. The van der Waals surface area contributed by atoms with E-state index in [1.165, 1.54) is 19.4 Å². The lowest BCUT2D eigenvalue weighted by Gasteiger charge is -2.28. The standard InChI is InChI=1S/C50H68N16O10S2/c1-3-4-16-39(66-40(67)23-57-50(66)76)48(75)65-38(25-78)47(74)59-27(2)42(69)61-36(20-30-22-54-26-58-30)46(73)62-34(18-28-11-6-5-7-12-28)44(71)60-33(15-10-17-55-49(52)53)43(70)63-35(45(72)64-37(24-77)41(51)68)19-29-21-56-32-14-9-8-13-31(29)32/h5-9,11-14,21-22,26-27,33-39,56,77-78H,3-4,10,15-20,23-25H2,1-2H3,(H2,51,68)(H,54,58)(H,57,76)(H,59,74)(H,60,71)(H,61,69)(H,62,73)(H,63,70)(H,64,72)(H,65,75)(H4,52,53,55)/t27-,33+,34-,35-,36+,37+,38+,39-/m0/s1. The van der Waals surface area contributed by atoms with Crippen LogP contribution in [-0.4, -0.2) is 158 Å². The summed E-state index contributed by atoms with van der Waals surface area (Å²) >= 11 is 8.38. The van der Waals surface area contributed by atoms with Gasteiger partial charge < -0.3 is 69.7 Å². The number of aliphatic imine (C=N–C) groups is 1. The van der Waals surface area contributed by atoms with E-state index in [4.69, 9.17) is 17.2 Å². The van der Waals surface area contributed by atoms with Crippen molar-refractivity contribution < 1.29 is 47.9 Å². The first kappa shape index (κ1) is 60.7. The van der Waals surface area contributed by atoms with Crippen molar-refractivity contribution in [1.29, 1.82) is 0 Å². The maximum absolute atomic E-state index is 14.6. The predicted octanol–water partition coefficient (Wildman–Crippen LogP) is -2.16. The molecule has 28 heteroatoms. The van der Waals surface area contributed by atoms with E-state index >= 15 is 0 Å². The second-order valence-electron chi connectivity index (χ2n) is 18.4. The normalized spacial score (nSPS) is 15.2. The molecular weight excluding hydrogens is 1050 g/mol. The molecule has 0 bridgehead atoms. The molecular formula is C50H68N16O10S2. The molecule has 1 fully saturated rings. The molecule has 0 unspecified atom stereocenters. The monoisotopic (exact) mass is 1120 g/mol. The predicted molar refractivity (Wildman–Crippen MR) is 294 cm³/mol. The van der Waals surface area contributed by atoms with Gasteiger partial charge in [0.2, 0.25) is 47.3 Å². The molecule has 16 N–H and O–H groups in total. The van der Waals surface area contributed by atoms with E-state index in [9.17, 15) is 47.9 Å². The summed E-state index contributed by atoms with van der Waals surface area (Å²) in [7, 11) is 0. The minimum atomic E-state index is -1.42. The van der Waals surface area contributed by atoms with Crippen molar-refractivity contribution in [2.24, 2.45) is 22.2 Å². The number of nitrogens with two attached hydrogens (primary N) is 3. The van der Waals surface area contributed by atoms with E-state index in [0.717, 1.165) is 15.8 Å². The topological polar surface area (TPSA) is 405 Å². The minimum absolute atomic E-state index is 0.0476. The number of carbonyl (C=O) groups excluding carboxylic acids is 10. The van der Waals surface area contributed by atoms with E-state index in [0.29, 0.717) is 29.7 Å². The molecule has 1 aliphatic rings. The van der Waals surface area contributed by atoms with Gasteiger partial charge in [0.25, 0.3) is 5.91 Å². The third-order valence-corrected chi connectivity index (χ3v) is 13.3. The summed E-state index contributed by atoms with van der Waals surface area (Å²) < 4.78 is 0. The Morgan fingerprint density at radius 3 is 1.85 bits per heavy atom. The van der Waals surface area contributed by atoms with E-state index in [1.807, 2.05) is 25.1 Å². The Balaban J connectivity index is 1.37. The fraction of sp³-hybridized carbons (Fsp3) is 0.440. The molecule has 2 aromatic heterocycles. The summed E-state index contributed by atoms with van der Waals surface area (Å²) in [5.74, 6) is -7.79. The number of urea groups is 1. The number of aromatic nitrogens is 3. The second kappa shape index (κ2) is 30.0. The van der Waals surface area contributed by atoms with Crippen LogP contribution in [0.1, 0.15) is 62.8 Å². The molecule has 1 aliphatic heterocycles. The average molecular weight is 1120 g/mol. The summed E-state index contributed by atoms with van der Waals surface area (Å²) in [6.07, 6.45) is 5.44. The highest BCUT2D eigenvalue weighted by molar-refractivity contribution is 7.80. The second-order valence-corrected chi connectivity index (χ2v) is 19.2. The number of fused-ring (bicyclic) bond motifs is 1. The Hall–Kier alpha value is -8.14. The number of guanidine groups is 1. The van der Waals surface area contributed by atoms with Gasteiger partial charge in [0.1, 0.15) is 48.3 Å². The first-order valence-corrected chi connectivity index (χ1v) is 26.4. The van der Waals surface area contributed by atoms with Gasteiger partial charge in [-0.3, -0.25) is 53.0 Å². The van der Waals surface area contributed by atoms with Crippen molar-refractivity contribution in [3.8, 4) is 0 Å². The van der Waals surface area contributed by atoms with E-state index in [2.05, 4.69) is 87.7 Å². The summed E-state index contributed by atoms with van der Waals surface area (Å²) in [5, 5.41) is 21.6. The molecule has 420 valence electrons. The van der Waals surface area contributed by atoms with Crippen molar-refractivity contribution >= 4 is 101 Å². The summed E-state index contributed by atoms with van der Waals surface area (Å²) in [6, 6.07) is 4.58. The molecule has 8 atom stereocenters. The van der Waals surface area contributed by atoms with E-state index in [1.54, 1.807) is 42.6 Å². The number of nitrogens with zero attached hydrogens (tertiary/aromatic N) is 3. The zero-order valence-corrected chi connectivity index (χ0v) is 44.9. The number of imide groups is 1. The maximum Gasteiger partial charge on any atom is 0.325 e. The van der Waals surface area contributed by atoms with Crippen LogP contribution in [0.15, 0.2) is 78.3 Å². The number of unbranched alkanes of at least 4 members (excludes halogenated alkanes) is 1. The van der Waals surface area contributed by atoms with Crippen molar-refractivity contribution in [3.05, 3.63) is 90.1 Å². The smallest absolute Gasteiger partial charge is 0.325 e. The van der Waals surface area contributed by atoms with Crippen LogP contribution in [0.4, 0.5) is 4.79 Å². The quantitative estimate of drug-likeness (QED) is 0.00841. The molecule has 0 spiro atoms. The largest absolute Gasteiger partial charge is 0.370 e. The number of thiol groups is 2. The molecule has 3 heterocycles. The lowest BCUT2D eigenvalue weighted by molar-refractivity contribution is -0.137. The number of aromatic amines is 2. The zero-order valence-electron chi connectivity index (χ0n) is 43.1. The lowest BCUT2D eigenvalue weighted by Crippen LogP contribution is -2.61. The number of hydrogen-bond donors (Lipinski definition) is 15. The number of para-hydroxylation sites is 1. The SMILES string of the molecule is CCCC[C@@H](C(=O)N[C@H](CS)C(=O)N[C@@H](C)C(=O)N[C@H](Cc1cnc[nH]1)C(=O)N[C@@H](Cc1ccccc1)C(=O)N[C@H](CCCN=C(N)N)C(=O)N[C@@H](Cc1c[nH]c2ccccc12)C(=O)N[C@H](CS)C(N)=O)N1C(=O)CNC1=O. The van der Waals surface area contributed by atoms with Gasteiger partial charge in [0.05, 0.1) is 12.9 Å². The summed E-state index contributed by atoms with van der Waals surface area (Å²) in [4.78, 5) is 151. The number of benzene rings is 2. The Labute approximate surface area is 460 Å². The van der Waals surface area contributed by atoms with Crippen LogP contribution in [0, 0.1) is 0 Å². The zero-order chi connectivity index (χ0) is 56.9. The lowest BCUT2D eigenvalue weighted by atomic mass is 10.0. The number of hydrogen-bond acceptors (Lipinski definition) is 14. The molecule has 11 amide bonds. The van der Waals surface area contributed by atoms with Crippen molar-refractivity contribution in [3.63, 3.8) is 0 Å². The first-order valence-electron chi connectivity index (χ1n) is 25.2. The number of nitrogens with one attached hydrogen (secondary N) is 10. The maximum atomic E-state index is 14.6. The van der Waals surface area contributed by atoms with Gasteiger partial charge in [0.15, 0.2) is 5.96 Å². The van der Waals surface area contributed by atoms with Gasteiger partial charge in [-0.05, 0) is 43.4 Å². The van der Waals surface area contributed by atoms with Crippen molar-refractivity contribution in [2.75, 3.05) is 24.6 Å². The van der Waals surface area contributed by atoms with Crippen LogP contribution in [0.3, 0.4) is 0 Å². The fourth-order valence-corrected chi connectivity index (χ4v) is 8.87. The molecule has 1 saturated heterocycles. The van der Waals surface area contributed by atoms with Gasteiger partial charge >= 0.3 is 6.03 Å². The number of carbonyl (C=O) groups is 10. The van der Waals surface area contributed by atoms with Crippen LogP contribution in [0.5, 0.6) is 0 Å². The highest BCUT2D eigenvalue weighted by Crippen LogP contribution is 2.20. The molecule has 4 aromatic rings. The van der Waals surface area contributed by atoms with Crippen LogP contribution in [0.25, 0.3) is 10.9 Å². The van der Waals surface area contributed by atoms with Gasteiger partial charge in [-0.25, -0.2) is 9.78 Å². The number of amides is 11. The van der Waals surface area contributed by atoms with Crippen molar-refractivity contribution in [2.45, 2.75) is 114 Å². The fourth-order valence-electron chi connectivity index (χ4n) is 8.35. The Morgan fingerprint density at radius 1 is 0.667 bits per heavy atom. The average Bonchev–Trinajstić information content (AvgIpc) is 4.18. The molecule has 0 aliphatic carbocycles. The molecule has 78 heavy (non-hydrogen) atoms. The van der Waals surface area contributed by atoms with Gasteiger partial charge in [-0.2, -0.15) is 25.3 Å². The number of H-pyrrole nitrogens is 2. The van der Waals surface area contributed by atoms with Crippen LogP contribution in [0.2, 0.25) is 0 Å². The summed E-state index contributed by atoms with van der Waals surface area (Å²) in [6.45, 7) is 2.97. The number of imidazole rings is 1. The Bertz CT molecular complexity index is 2760. The first-order chi connectivity index (χ1) is 37.3. The van der Waals surface area contributed by atoms with Gasteiger partial charge in [-0.1, -0.05) is 68.3 Å². The molecule has 0 radical (unpaired) electrons. The molecule has 2 aromatic carbocycles. The molecule has 26 nitrogen and oxygen atoms in total.